The minimum atomic E-state index is -3.81. The van der Waals surface area contributed by atoms with Crippen LogP contribution >= 0.6 is 0 Å². The number of rotatable bonds is 4. The van der Waals surface area contributed by atoms with Gasteiger partial charge in [0.1, 0.15) is 0 Å². The van der Waals surface area contributed by atoms with E-state index in [1.54, 1.807) is 37.3 Å². The Balaban J connectivity index is 2.05. The third-order valence-electron chi connectivity index (χ3n) is 4.25. The Morgan fingerprint density at radius 3 is 2.23 bits per heavy atom. The summed E-state index contributed by atoms with van der Waals surface area (Å²) in [5.74, 6) is -1.04. The molecule has 1 N–H and O–H groups in total. The van der Waals surface area contributed by atoms with Crippen LogP contribution in [0, 0.1) is 20.8 Å². The molecule has 26 heavy (non-hydrogen) atoms. The van der Waals surface area contributed by atoms with E-state index in [1.807, 2.05) is 13.8 Å². The van der Waals surface area contributed by atoms with Gasteiger partial charge in [-0.3, -0.25) is 0 Å². The molecule has 0 aliphatic carbocycles. The van der Waals surface area contributed by atoms with Crippen LogP contribution in [0.1, 0.15) is 27.2 Å². The number of aromatic nitrogens is 3. The Labute approximate surface area is 150 Å². The van der Waals surface area contributed by atoms with Crippen LogP contribution in [0.15, 0.2) is 52.4 Å². The fraction of sp³-hybridized carbons (Fsp3) is 0.167. The SMILES string of the molecule is Cc1ccc(S(=O)(=O)c2nnn(-c3ccc(C(=O)O)cc3)c2C)cc1C. The Morgan fingerprint density at radius 2 is 1.65 bits per heavy atom. The lowest BCUT2D eigenvalue weighted by atomic mass is 10.1. The van der Waals surface area contributed by atoms with Crippen LogP contribution in [0.3, 0.4) is 0 Å². The highest BCUT2D eigenvalue weighted by atomic mass is 32.2. The molecule has 0 bridgehead atoms. The van der Waals surface area contributed by atoms with Crippen molar-refractivity contribution in [1.29, 1.82) is 0 Å². The molecule has 1 heterocycles. The maximum atomic E-state index is 12.9. The number of benzene rings is 2. The summed E-state index contributed by atoms with van der Waals surface area (Å²) in [7, 11) is -3.81. The minimum Gasteiger partial charge on any atom is -0.478 e. The van der Waals surface area contributed by atoms with Crippen LogP contribution in [0.25, 0.3) is 5.69 Å². The molecular formula is C18H17N3O4S. The normalized spacial score (nSPS) is 11.5. The molecule has 0 aliphatic heterocycles. The summed E-state index contributed by atoms with van der Waals surface area (Å²) in [6.07, 6.45) is 0. The van der Waals surface area contributed by atoms with Crippen molar-refractivity contribution in [1.82, 2.24) is 15.0 Å². The first-order chi connectivity index (χ1) is 12.2. The monoisotopic (exact) mass is 371 g/mol. The lowest BCUT2D eigenvalue weighted by molar-refractivity contribution is 0.0697. The van der Waals surface area contributed by atoms with Crippen LogP contribution < -0.4 is 0 Å². The summed E-state index contributed by atoms with van der Waals surface area (Å²) in [6, 6.07) is 10.9. The third-order valence-corrected chi connectivity index (χ3v) is 6.01. The Hall–Kier alpha value is -3.00. The summed E-state index contributed by atoms with van der Waals surface area (Å²) in [5.41, 5.74) is 2.89. The van der Waals surface area contributed by atoms with Gasteiger partial charge < -0.3 is 5.11 Å². The molecule has 2 aromatic carbocycles. The van der Waals surface area contributed by atoms with Gasteiger partial charge in [0.15, 0.2) is 0 Å². The van der Waals surface area contributed by atoms with E-state index in [0.29, 0.717) is 11.4 Å². The van der Waals surface area contributed by atoms with Crippen molar-refractivity contribution in [2.24, 2.45) is 0 Å². The van der Waals surface area contributed by atoms with Gasteiger partial charge >= 0.3 is 5.97 Å². The number of carboxylic acids is 1. The van der Waals surface area contributed by atoms with Gasteiger partial charge in [0.2, 0.25) is 14.9 Å². The Bertz CT molecular complexity index is 1100. The number of sulfone groups is 1. The summed E-state index contributed by atoms with van der Waals surface area (Å²) < 4.78 is 27.2. The lowest BCUT2D eigenvalue weighted by Gasteiger charge is -2.07. The second-order valence-corrected chi connectivity index (χ2v) is 7.86. The number of aryl methyl sites for hydroxylation is 2. The highest BCUT2D eigenvalue weighted by Crippen LogP contribution is 2.25. The maximum Gasteiger partial charge on any atom is 0.335 e. The highest BCUT2D eigenvalue weighted by molar-refractivity contribution is 7.91. The average Bonchev–Trinajstić information content (AvgIpc) is 2.99. The molecule has 0 spiro atoms. The number of aromatic carboxylic acids is 1. The van der Waals surface area contributed by atoms with E-state index in [2.05, 4.69) is 10.3 Å². The number of carbonyl (C=O) groups is 1. The minimum absolute atomic E-state index is 0.122. The van der Waals surface area contributed by atoms with Crippen molar-refractivity contribution in [3.8, 4) is 5.69 Å². The van der Waals surface area contributed by atoms with Gasteiger partial charge in [-0.2, -0.15) is 0 Å². The van der Waals surface area contributed by atoms with Gasteiger partial charge in [0.05, 0.1) is 21.8 Å². The molecule has 0 atom stereocenters. The van der Waals surface area contributed by atoms with E-state index in [9.17, 15) is 13.2 Å². The van der Waals surface area contributed by atoms with E-state index < -0.39 is 15.8 Å². The summed E-state index contributed by atoms with van der Waals surface area (Å²) >= 11 is 0. The fourth-order valence-electron chi connectivity index (χ4n) is 2.55. The van der Waals surface area contributed by atoms with Crippen LogP contribution in [-0.4, -0.2) is 34.5 Å². The zero-order valence-corrected chi connectivity index (χ0v) is 15.3. The fourth-order valence-corrected chi connectivity index (χ4v) is 3.97. The summed E-state index contributed by atoms with van der Waals surface area (Å²) in [6.45, 7) is 5.37. The van der Waals surface area contributed by atoms with E-state index in [4.69, 9.17) is 5.11 Å². The standard InChI is InChI=1S/C18H17N3O4S/c1-11-4-9-16(10-12(11)2)26(24,25)17-13(3)21(20-19-17)15-7-5-14(6-8-15)18(22)23/h4-10H,1-3H3,(H,22,23). The molecule has 0 amide bonds. The lowest BCUT2D eigenvalue weighted by Crippen LogP contribution is -2.06. The van der Waals surface area contributed by atoms with Crippen LogP contribution in [-0.2, 0) is 9.84 Å². The van der Waals surface area contributed by atoms with E-state index >= 15 is 0 Å². The molecule has 134 valence electrons. The van der Waals surface area contributed by atoms with Crippen molar-refractivity contribution < 1.29 is 18.3 Å². The Kier molecular flexibility index (Phi) is 4.37. The largest absolute Gasteiger partial charge is 0.478 e. The number of hydrogen-bond donors (Lipinski definition) is 1. The van der Waals surface area contributed by atoms with Crippen LogP contribution in [0.2, 0.25) is 0 Å². The molecule has 7 nitrogen and oxygen atoms in total. The first kappa shape index (κ1) is 17.8. The van der Waals surface area contributed by atoms with Crippen LogP contribution in [0.5, 0.6) is 0 Å². The topological polar surface area (TPSA) is 102 Å². The van der Waals surface area contributed by atoms with Gasteiger partial charge in [-0.05, 0) is 68.3 Å². The average molecular weight is 371 g/mol. The quantitative estimate of drug-likeness (QED) is 0.756. The Morgan fingerprint density at radius 1 is 1.00 bits per heavy atom. The molecule has 0 radical (unpaired) electrons. The van der Waals surface area contributed by atoms with Gasteiger partial charge in [-0.15, -0.1) is 5.10 Å². The predicted octanol–water partition coefficient (Wildman–Crippen LogP) is 2.72. The maximum absolute atomic E-state index is 12.9. The van der Waals surface area contributed by atoms with Gasteiger partial charge in [0.25, 0.3) is 0 Å². The molecule has 0 saturated carbocycles. The number of nitrogens with zero attached hydrogens (tertiary/aromatic N) is 3. The summed E-state index contributed by atoms with van der Waals surface area (Å²) in [5, 5.41) is 16.6. The first-order valence-corrected chi connectivity index (χ1v) is 9.28. The van der Waals surface area contributed by atoms with Crippen molar-refractivity contribution in [3.63, 3.8) is 0 Å². The van der Waals surface area contributed by atoms with Crippen molar-refractivity contribution in [3.05, 3.63) is 64.8 Å². The zero-order valence-electron chi connectivity index (χ0n) is 14.5. The smallest absolute Gasteiger partial charge is 0.335 e. The van der Waals surface area contributed by atoms with Crippen molar-refractivity contribution in [2.45, 2.75) is 30.7 Å². The zero-order chi connectivity index (χ0) is 19.1. The number of hydrogen-bond acceptors (Lipinski definition) is 5. The third kappa shape index (κ3) is 2.99. The molecule has 1 aromatic heterocycles. The molecule has 8 heteroatoms. The van der Waals surface area contributed by atoms with E-state index in [0.717, 1.165) is 11.1 Å². The van der Waals surface area contributed by atoms with Crippen molar-refractivity contribution >= 4 is 15.8 Å². The number of carboxylic acid groups (broad SMARTS) is 1. The predicted molar refractivity (Wildman–Crippen MR) is 94.4 cm³/mol. The molecule has 0 fully saturated rings. The molecule has 3 aromatic rings. The second-order valence-electron chi connectivity index (χ2n) is 5.99. The first-order valence-electron chi connectivity index (χ1n) is 7.80. The molecule has 0 aliphatic rings. The summed E-state index contributed by atoms with van der Waals surface area (Å²) in [4.78, 5) is 11.1. The molecule has 3 rings (SSSR count). The molecular weight excluding hydrogens is 354 g/mol. The van der Waals surface area contributed by atoms with Gasteiger partial charge in [-0.1, -0.05) is 11.3 Å². The van der Waals surface area contributed by atoms with Crippen LogP contribution in [0.4, 0.5) is 0 Å². The van der Waals surface area contributed by atoms with Gasteiger partial charge in [-0.25, -0.2) is 17.9 Å². The molecule has 0 unspecified atom stereocenters. The highest BCUT2D eigenvalue weighted by Gasteiger charge is 2.26. The van der Waals surface area contributed by atoms with Crippen molar-refractivity contribution in [2.75, 3.05) is 0 Å². The van der Waals surface area contributed by atoms with Gasteiger partial charge in [0, 0.05) is 0 Å². The second kappa shape index (κ2) is 6.38. The van der Waals surface area contributed by atoms with E-state index in [-0.39, 0.29) is 15.5 Å². The van der Waals surface area contributed by atoms with E-state index in [1.165, 1.54) is 16.8 Å². The molecule has 0 saturated heterocycles.